The summed E-state index contributed by atoms with van der Waals surface area (Å²) in [5.41, 5.74) is -1.92. The van der Waals surface area contributed by atoms with E-state index in [1.807, 2.05) is 0 Å². The van der Waals surface area contributed by atoms with Gasteiger partial charge < -0.3 is 40.9 Å². The minimum atomic E-state index is -1.92. The zero-order chi connectivity index (χ0) is 27.8. The van der Waals surface area contributed by atoms with Crippen molar-refractivity contribution in [2.75, 3.05) is 0 Å². The van der Waals surface area contributed by atoms with Crippen LogP contribution in [0.15, 0.2) is 0 Å². The van der Waals surface area contributed by atoms with E-state index >= 15 is 0 Å². The van der Waals surface area contributed by atoms with E-state index in [4.69, 9.17) is 0 Å². The van der Waals surface area contributed by atoms with Crippen LogP contribution in [0.3, 0.4) is 0 Å². The molecule has 15 atom stereocenters. The molecule has 0 aliphatic heterocycles. The Morgan fingerprint density at radius 2 is 1.38 bits per heavy atom. The molecule has 8 heteroatoms. The largest absolute Gasteiger partial charge is 0.393 e. The normalized spacial score (nSPS) is 55.6. The van der Waals surface area contributed by atoms with Crippen molar-refractivity contribution in [1.29, 1.82) is 0 Å². The van der Waals surface area contributed by atoms with Crippen LogP contribution in [0.4, 0.5) is 0 Å². The van der Waals surface area contributed by atoms with E-state index < -0.39 is 60.0 Å². The van der Waals surface area contributed by atoms with Gasteiger partial charge in [-0.25, -0.2) is 0 Å². The summed E-state index contributed by atoms with van der Waals surface area (Å²) in [6.07, 6.45) is 4.06. The van der Waals surface area contributed by atoms with E-state index in [0.29, 0.717) is 36.5 Å². The summed E-state index contributed by atoms with van der Waals surface area (Å²) in [6.45, 7) is 1.47. The molecule has 6 aliphatic rings. The van der Waals surface area contributed by atoms with Gasteiger partial charge in [0, 0.05) is 17.8 Å². The fraction of sp³-hybridized carbons (Fsp3) is 1.00. The van der Waals surface area contributed by atoms with Crippen molar-refractivity contribution in [2.45, 2.75) is 132 Å². The molecule has 8 nitrogen and oxygen atoms in total. The number of aliphatic hydroxyl groups excluding tert-OH is 7. The van der Waals surface area contributed by atoms with Crippen molar-refractivity contribution in [3.05, 3.63) is 0 Å². The summed E-state index contributed by atoms with van der Waals surface area (Å²) in [6, 6.07) is 0. The van der Waals surface area contributed by atoms with E-state index in [0.717, 1.165) is 44.9 Å². The Bertz CT molecular complexity index is 858. The van der Waals surface area contributed by atoms with E-state index in [1.54, 1.807) is 0 Å². The fourth-order valence-electron chi connectivity index (χ4n) is 10.7. The predicted molar refractivity (Wildman–Crippen MR) is 143 cm³/mol. The Kier molecular flexibility index (Phi) is 7.93. The van der Waals surface area contributed by atoms with E-state index in [2.05, 4.69) is 0 Å². The van der Waals surface area contributed by atoms with Crippen LogP contribution < -0.4 is 0 Å². The van der Waals surface area contributed by atoms with Crippen LogP contribution in [0.1, 0.15) is 84.0 Å². The Morgan fingerprint density at radius 1 is 0.692 bits per heavy atom. The van der Waals surface area contributed by atoms with Crippen LogP contribution in [0.5, 0.6) is 0 Å². The summed E-state index contributed by atoms with van der Waals surface area (Å²) in [5, 5.41) is 88.7. The summed E-state index contributed by atoms with van der Waals surface area (Å²) in [5.74, 6) is -0.409. The van der Waals surface area contributed by atoms with Gasteiger partial charge in [-0.05, 0) is 113 Å². The molecule has 6 rings (SSSR count). The lowest BCUT2D eigenvalue weighted by molar-refractivity contribution is -0.295. The zero-order valence-electron chi connectivity index (χ0n) is 23.4. The molecule has 6 fully saturated rings. The molecule has 6 saturated carbocycles. The number of hydrogen-bond acceptors (Lipinski definition) is 8. The topological polar surface area (TPSA) is 162 Å². The Hall–Kier alpha value is -0.320. The molecule has 0 aromatic heterocycles. The molecule has 0 heterocycles. The second-order valence-corrected chi connectivity index (χ2v) is 14.9. The van der Waals surface area contributed by atoms with Gasteiger partial charge in [-0.2, -0.15) is 0 Å². The molecule has 8 N–H and O–H groups in total. The third-order valence-corrected chi connectivity index (χ3v) is 12.9. The minimum absolute atomic E-state index is 0.0677. The first-order chi connectivity index (χ1) is 18.5. The fourth-order valence-corrected chi connectivity index (χ4v) is 10.7. The molecule has 39 heavy (non-hydrogen) atoms. The highest BCUT2D eigenvalue weighted by Crippen LogP contribution is 2.59. The first-order valence-corrected chi connectivity index (χ1v) is 16.0. The number of fused-ring (bicyclic) bond motifs is 3. The second-order valence-electron chi connectivity index (χ2n) is 14.9. The maximum atomic E-state index is 11.8. The lowest BCUT2D eigenvalue weighted by atomic mass is 9.47. The van der Waals surface area contributed by atoms with Crippen LogP contribution in [-0.4, -0.2) is 89.2 Å². The molecule has 0 spiro atoms. The first kappa shape index (κ1) is 28.8. The summed E-state index contributed by atoms with van der Waals surface area (Å²) >= 11 is 0. The number of aliphatic hydroxyl groups is 8. The van der Waals surface area contributed by atoms with Crippen LogP contribution in [0.25, 0.3) is 0 Å². The average molecular weight is 553 g/mol. The third kappa shape index (κ3) is 4.83. The molecule has 0 aromatic rings. The van der Waals surface area contributed by atoms with Crippen LogP contribution in [0.2, 0.25) is 0 Å². The monoisotopic (exact) mass is 552 g/mol. The van der Waals surface area contributed by atoms with Gasteiger partial charge in [0.25, 0.3) is 0 Å². The zero-order valence-corrected chi connectivity index (χ0v) is 23.4. The number of hydrogen-bond donors (Lipinski definition) is 8. The van der Waals surface area contributed by atoms with E-state index in [1.165, 1.54) is 19.8 Å². The first-order valence-electron chi connectivity index (χ1n) is 16.0. The molecular weight excluding hydrogens is 500 g/mol. The van der Waals surface area contributed by atoms with Gasteiger partial charge in [-0.3, -0.25) is 0 Å². The van der Waals surface area contributed by atoms with Gasteiger partial charge in [-0.15, -0.1) is 0 Å². The van der Waals surface area contributed by atoms with Crippen molar-refractivity contribution >= 4 is 0 Å². The quantitative estimate of drug-likeness (QED) is 0.252. The van der Waals surface area contributed by atoms with Crippen molar-refractivity contribution in [3.8, 4) is 0 Å². The van der Waals surface area contributed by atoms with E-state index in [-0.39, 0.29) is 30.3 Å². The Balaban J connectivity index is 1.18. The van der Waals surface area contributed by atoms with Gasteiger partial charge in [-0.1, -0.05) is 12.8 Å². The standard InChI is InChI=1S/C31H52O8/c1-14(32)25-24(35)13-19-11-18-12-21-20(16-4-2-15(3-5-16)10-23(34)17-6-7-17)8-9-22(33)27(21)28(36)26(18)30(38)31(19,39)29(25)37/h14-30,32-39H,2-13H2,1H3. The second kappa shape index (κ2) is 10.7. The van der Waals surface area contributed by atoms with Crippen LogP contribution in [-0.2, 0) is 0 Å². The van der Waals surface area contributed by atoms with E-state index in [9.17, 15) is 40.9 Å². The van der Waals surface area contributed by atoms with Crippen LogP contribution >= 0.6 is 0 Å². The molecule has 224 valence electrons. The molecule has 0 saturated heterocycles. The van der Waals surface area contributed by atoms with Crippen molar-refractivity contribution in [3.63, 3.8) is 0 Å². The van der Waals surface area contributed by atoms with Crippen molar-refractivity contribution < 1.29 is 40.9 Å². The SMILES string of the molecule is CC(O)C1C(O)CC2CC3CC4C(C5CCC(CC(O)C6CC6)CC5)CCC(O)C4C(O)C3C(O)C2(O)C1O. The lowest BCUT2D eigenvalue weighted by Gasteiger charge is -2.62. The van der Waals surface area contributed by atoms with Gasteiger partial charge >= 0.3 is 0 Å². The van der Waals surface area contributed by atoms with Gasteiger partial charge in [0.15, 0.2) is 0 Å². The number of rotatable bonds is 5. The van der Waals surface area contributed by atoms with Gasteiger partial charge in [0.2, 0.25) is 0 Å². The van der Waals surface area contributed by atoms with Crippen molar-refractivity contribution in [1.82, 2.24) is 0 Å². The molecule has 6 aliphatic carbocycles. The summed E-state index contributed by atoms with van der Waals surface area (Å²) in [7, 11) is 0. The average Bonchev–Trinajstić information content (AvgIpc) is 3.73. The smallest absolute Gasteiger partial charge is 0.120 e. The predicted octanol–water partition coefficient (Wildman–Crippen LogP) is 1.19. The molecule has 0 bridgehead atoms. The summed E-state index contributed by atoms with van der Waals surface area (Å²) in [4.78, 5) is 0. The summed E-state index contributed by atoms with van der Waals surface area (Å²) < 4.78 is 0. The Labute approximate surface area is 232 Å². The molecular formula is C31H52O8. The van der Waals surface area contributed by atoms with Gasteiger partial charge in [0.1, 0.15) is 5.60 Å². The lowest BCUT2D eigenvalue weighted by Crippen LogP contribution is -2.73. The maximum absolute atomic E-state index is 11.8. The Morgan fingerprint density at radius 3 is 2.03 bits per heavy atom. The van der Waals surface area contributed by atoms with Gasteiger partial charge in [0.05, 0.1) is 42.7 Å². The molecule has 15 unspecified atom stereocenters. The van der Waals surface area contributed by atoms with Crippen molar-refractivity contribution in [2.24, 2.45) is 59.2 Å². The highest BCUT2D eigenvalue weighted by molar-refractivity contribution is 5.16. The minimum Gasteiger partial charge on any atom is -0.393 e. The third-order valence-electron chi connectivity index (χ3n) is 12.9. The van der Waals surface area contributed by atoms with Crippen LogP contribution in [0, 0.1) is 59.2 Å². The highest BCUT2D eigenvalue weighted by Gasteiger charge is 2.66. The molecule has 0 amide bonds. The maximum Gasteiger partial charge on any atom is 0.120 e. The molecule has 0 radical (unpaired) electrons. The molecule has 0 aromatic carbocycles. The highest BCUT2D eigenvalue weighted by atomic mass is 16.4.